The van der Waals surface area contributed by atoms with Gasteiger partial charge < -0.3 is 11.1 Å². The van der Waals surface area contributed by atoms with Crippen molar-refractivity contribution in [3.63, 3.8) is 0 Å². The third-order valence-corrected chi connectivity index (χ3v) is 3.75. The molecule has 0 aromatic rings. The van der Waals surface area contributed by atoms with Crippen LogP contribution >= 0.6 is 0 Å². The SMILES string of the molecule is NCC1(CNC(=O)CC2CCC2)CC1. The van der Waals surface area contributed by atoms with E-state index in [-0.39, 0.29) is 11.3 Å². The lowest BCUT2D eigenvalue weighted by Gasteiger charge is -2.25. The highest BCUT2D eigenvalue weighted by atomic mass is 16.1. The minimum atomic E-state index is 0.231. The van der Waals surface area contributed by atoms with Crippen LogP contribution in [0.1, 0.15) is 38.5 Å². The number of carbonyl (C=O) groups excluding carboxylic acids is 1. The van der Waals surface area contributed by atoms with Crippen molar-refractivity contribution in [2.75, 3.05) is 13.1 Å². The first-order valence-corrected chi connectivity index (χ1v) is 5.71. The highest BCUT2D eigenvalue weighted by Gasteiger charge is 2.41. The van der Waals surface area contributed by atoms with Crippen LogP contribution in [0.5, 0.6) is 0 Å². The van der Waals surface area contributed by atoms with Crippen LogP contribution in [0.2, 0.25) is 0 Å². The van der Waals surface area contributed by atoms with Gasteiger partial charge in [0, 0.05) is 13.0 Å². The molecule has 0 aliphatic heterocycles. The maximum absolute atomic E-state index is 11.5. The fraction of sp³-hybridized carbons (Fsp3) is 0.909. The normalized spacial score (nSPS) is 24.1. The first-order valence-electron chi connectivity index (χ1n) is 5.71. The molecule has 2 saturated carbocycles. The summed E-state index contributed by atoms with van der Waals surface area (Å²) < 4.78 is 0. The van der Waals surface area contributed by atoms with E-state index in [1.54, 1.807) is 0 Å². The molecule has 0 aromatic carbocycles. The van der Waals surface area contributed by atoms with Crippen LogP contribution in [0.25, 0.3) is 0 Å². The molecule has 2 fully saturated rings. The molecule has 14 heavy (non-hydrogen) atoms. The van der Waals surface area contributed by atoms with Gasteiger partial charge in [-0.3, -0.25) is 4.79 Å². The Kier molecular flexibility index (Phi) is 2.77. The molecule has 3 N–H and O–H groups in total. The summed E-state index contributed by atoms with van der Waals surface area (Å²) in [6.45, 7) is 1.52. The minimum Gasteiger partial charge on any atom is -0.355 e. The van der Waals surface area contributed by atoms with Gasteiger partial charge in [-0.2, -0.15) is 0 Å². The second-order valence-corrected chi connectivity index (χ2v) is 4.98. The van der Waals surface area contributed by atoms with Crippen LogP contribution in [-0.2, 0) is 4.79 Å². The van der Waals surface area contributed by atoms with Gasteiger partial charge in [0.25, 0.3) is 0 Å². The van der Waals surface area contributed by atoms with E-state index in [0.717, 1.165) is 19.5 Å². The fourth-order valence-electron chi connectivity index (χ4n) is 1.95. The van der Waals surface area contributed by atoms with Crippen molar-refractivity contribution in [3.8, 4) is 0 Å². The Labute approximate surface area is 85.4 Å². The smallest absolute Gasteiger partial charge is 0.220 e. The largest absolute Gasteiger partial charge is 0.355 e. The molecule has 3 heteroatoms. The highest BCUT2D eigenvalue weighted by molar-refractivity contribution is 5.76. The molecule has 0 atom stereocenters. The summed E-state index contributed by atoms with van der Waals surface area (Å²) in [4.78, 5) is 11.5. The van der Waals surface area contributed by atoms with Crippen LogP contribution in [0.3, 0.4) is 0 Å². The molecule has 0 spiro atoms. The van der Waals surface area contributed by atoms with Crippen molar-refractivity contribution in [1.29, 1.82) is 0 Å². The van der Waals surface area contributed by atoms with E-state index >= 15 is 0 Å². The topological polar surface area (TPSA) is 55.1 Å². The Hall–Kier alpha value is -0.570. The summed E-state index contributed by atoms with van der Waals surface area (Å²) >= 11 is 0. The van der Waals surface area contributed by atoms with Crippen LogP contribution in [0.15, 0.2) is 0 Å². The van der Waals surface area contributed by atoms with Gasteiger partial charge >= 0.3 is 0 Å². The lowest BCUT2D eigenvalue weighted by Crippen LogP contribution is -2.35. The molecule has 2 aliphatic carbocycles. The van der Waals surface area contributed by atoms with Gasteiger partial charge in [0.05, 0.1) is 0 Å². The number of nitrogens with two attached hydrogens (primary N) is 1. The van der Waals surface area contributed by atoms with Crippen molar-refractivity contribution in [3.05, 3.63) is 0 Å². The van der Waals surface area contributed by atoms with Crippen molar-refractivity contribution in [2.24, 2.45) is 17.1 Å². The zero-order valence-corrected chi connectivity index (χ0v) is 8.72. The zero-order valence-electron chi connectivity index (χ0n) is 8.72. The maximum atomic E-state index is 11.5. The average Bonchev–Trinajstić information content (AvgIpc) is 2.89. The summed E-state index contributed by atoms with van der Waals surface area (Å²) in [5.41, 5.74) is 5.92. The van der Waals surface area contributed by atoms with Gasteiger partial charge in [-0.25, -0.2) is 0 Å². The number of hydrogen-bond acceptors (Lipinski definition) is 2. The first kappa shape index (κ1) is 9.97. The van der Waals surface area contributed by atoms with Crippen LogP contribution in [0.4, 0.5) is 0 Å². The van der Waals surface area contributed by atoms with E-state index in [2.05, 4.69) is 5.32 Å². The third kappa shape index (κ3) is 2.27. The zero-order chi connectivity index (χ0) is 10.0. The van der Waals surface area contributed by atoms with Gasteiger partial charge in [-0.05, 0) is 43.6 Å². The van der Waals surface area contributed by atoms with E-state index in [4.69, 9.17) is 5.73 Å². The van der Waals surface area contributed by atoms with E-state index in [1.807, 2.05) is 0 Å². The van der Waals surface area contributed by atoms with Crippen molar-refractivity contribution < 1.29 is 4.79 Å². The first-order chi connectivity index (χ1) is 6.74. The molecule has 2 rings (SSSR count). The van der Waals surface area contributed by atoms with Crippen LogP contribution in [0, 0.1) is 11.3 Å². The second kappa shape index (κ2) is 3.89. The molecule has 0 unspecified atom stereocenters. The summed E-state index contributed by atoms with van der Waals surface area (Å²) in [6.07, 6.45) is 6.91. The molecule has 0 bridgehead atoms. The third-order valence-electron chi connectivity index (χ3n) is 3.75. The Morgan fingerprint density at radius 2 is 2.14 bits per heavy atom. The maximum Gasteiger partial charge on any atom is 0.220 e. The molecular formula is C11H20N2O. The lowest BCUT2D eigenvalue weighted by molar-refractivity contribution is -0.122. The van der Waals surface area contributed by atoms with Gasteiger partial charge in [-0.15, -0.1) is 0 Å². The monoisotopic (exact) mass is 196 g/mol. The van der Waals surface area contributed by atoms with Crippen molar-refractivity contribution in [1.82, 2.24) is 5.32 Å². The average molecular weight is 196 g/mol. The molecular weight excluding hydrogens is 176 g/mol. The molecule has 80 valence electrons. The van der Waals surface area contributed by atoms with Crippen molar-refractivity contribution >= 4 is 5.91 Å². The quantitative estimate of drug-likeness (QED) is 0.690. The standard InChI is InChI=1S/C11H20N2O/c12-7-11(4-5-11)8-13-10(14)6-9-2-1-3-9/h9H,1-8,12H2,(H,13,14). The Morgan fingerprint density at radius 1 is 1.43 bits per heavy atom. The van der Waals surface area contributed by atoms with Crippen LogP contribution in [-0.4, -0.2) is 19.0 Å². The molecule has 0 radical (unpaired) electrons. The van der Waals surface area contributed by atoms with E-state index < -0.39 is 0 Å². The predicted octanol–water partition coefficient (Wildman–Crippen LogP) is 1.03. The van der Waals surface area contributed by atoms with E-state index in [9.17, 15) is 4.79 Å². The van der Waals surface area contributed by atoms with Gasteiger partial charge in [-0.1, -0.05) is 6.42 Å². The van der Waals surface area contributed by atoms with E-state index in [1.165, 1.54) is 32.1 Å². The molecule has 2 aliphatic rings. The minimum absolute atomic E-state index is 0.231. The van der Waals surface area contributed by atoms with Crippen LogP contribution < -0.4 is 11.1 Å². The highest BCUT2D eigenvalue weighted by Crippen LogP contribution is 2.43. The van der Waals surface area contributed by atoms with Gasteiger partial charge in [0.1, 0.15) is 0 Å². The number of amides is 1. The number of rotatable bonds is 5. The Balaban J connectivity index is 1.62. The molecule has 0 saturated heterocycles. The molecule has 1 amide bonds. The number of hydrogen-bond donors (Lipinski definition) is 2. The molecule has 0 aromatic heterocycles. The predicted molar refractivity (Wildman–Crippen MR) is 55.7 cm³/mol. The fourth-order valence-corrected chi connectivity index (χ4v) is 1.95. The summed E-state index contributed by atoms with van der Waals surface area (Å²) in [5, 5.41) is 3.02. The summed E-state index contributed by atoms with van der Waals surface area (Å²) in [6, 6.07) is 0. The van der Waals surface area contributed by atoms with Gasteiger partial charge in [0.2, 0.25) is 5.91 Å². The lowest BCUT2D eigenvalue weighted by atomic mass is 9.83. The second-order valence-electron chi connectivity index (χ2n) is 4.98. The molecule has 3 nitrogen and oxygen atoms in total. The summed E-state index contributed by atoms with van der Waals surface area (Å²) in [7, 11) is 0. The Bertz CT molecular complexity index is 219. The Morgan fingerprint density at radius 3 is 2.57 bits per heavy atom. The number of nitrogens with one attached hydrogen (secondary N) is 1. The summed E-state index contributed by atoms with van der Waals surface area (Å²) in [5.74, 6) is 0.900. The number of carbonyl (C=O) groups is 1. The molecule has 0 heterocycles. The van der Waals surface area contributed by atoms with Crippen molar-refractivity contribution in [2.45, 2.75) is 38.5 Å². The van der Waals surface area contributed by atoms with E-state index in [0.29, 0.717) is 5.92 Å². The van der Waals surface area contributed by atoms with Gasteiger partial charge in [0.15, 0.2) is 0 Å².